The molecule has 0 aromatic rings. The summed E-state index contributed by atoms with van der Waals surface area (Å²) in [5.41, 5.74) is 0.262. The number of aliphatic hydroxyl groups is 1. The molecule has 2 atom stereocenters. The SMILES string of the molecule is C=CCN(C=C)C=O.C=CN(C=O)CC(O)COC(=O)C(=C)C.C=CN(C=O)CC1CO1.C=CN(C=O)CCCCN(C=C)C=O.C=CN(C=O)CCOCCN(C=C)C=O.C=CN(C=O)CCOCCOCCOCCN(C=C)C=O. The number of nitrogens with zero attached hydrogens (tertiary/aromatic N) is 9. The molecule has 26 nitrogen and oxygen atoms in total. The second kappa shape index (κ2) is 63.4. The van der Waals surface area contributed by atoms with Crippen LogP contribution in [0.1, 0.15) is 19.8 Å². The summed E-state index contributed by atoms with van der Waals surface area (Å²) in [4.78, 5) is 116. The molecule has 1 fully saturated rings. The van der Waals surface area contributed by atoms with Crippen molar-refractivity contribution in [3.05, 3.63) is 140 Å². The van der Waals surface area contributed by atoms with Gasteiger partial charge in [0, 0.05) is 51.4 Å². The Hall–Kier alpha value is -8.40. The van der Waals surface area contributed by atoms with Crippen molar-refractivity contribution < 1.29 is 81.5 Å². The lowest BCUT2D eigenvalue weighted by Gasteiger charge is -2.16. The van der Waals surface area contributed by atoms with E-state index in [4.69, 9.17) is 23.7 Å². The first-order valence-corrected chi connectivity index (χ1v) is 25.1. The summed E-state index contributed by atoms with van der Waals surface area (Å²) < 4.78 is 30.7. The molecule has 1 aliphatic heterocycles. The van der Waals surface area contributed by atoms with Crippen LogP contribution < -0.4 is 0 Å². The van der Waals surface area contributed by atoms with E-state index in [1.54, 1.807) is 6.08 Å². The summed E-state index contributed by atoms with van der Waals surface area (Å²) in [5, 5.41) is 9.36. The number of epoxide rings is 1. The maximum atomic E-state index is 10.9. The van der Waals surface area contributed by atoms with Crippen molar-refractivity contribution in [1.29, 1.82) is 0 Å². The molecule has 1 saturated heterocycles. The molecule has 0 aromatic heterocycles. The number of hydrogen-bond donors (Lipinski definition) is 1. The smallest absolute Gasteiger partial charge is 0.333 e. The van der Waals surface area contributed by atoms with Crippen LogP contribution in [-0.2, 0) is 76.4 Å². The Morgan fingerprint density at radius 3 is 0.988 bits per heavy atom. The first kappa shape index (κ1) is 82.4. The van der Waals surface area contributed by atoms with Crippen molar-refractivity contribution in [2.75, 3.05) is 125 Å². The van der Waals surface area contributed by atoms with Gasteiger partial charge in [-0.2, -0.15) is 0 Å². The van der Waals surface area contributed by atoms with Gasteiger partial charge in [0.2, 0.25) is 57.7 Å². The largest absolute Gasteiger partial charge is 0.460 e. The highest BCUT2D eigenvalue weighted by molar-refractivity contribution is 5.86. The molecule has 0 radical (unpaired) electrons. The number of unbranched alkanes of at least 4 members (excludes halogenated alkanes) is 1. The molecule has 9 amide bonds. The molecular weight excluding hydrogens is 1070 g/mol. The van der Waals surface area contributed by atoms with Gasteiger partial charge >= 0.3 is 5.97 Å². The number of carbonyl (C=O) groups is 10. The topological polar surface area (TPSA) is 279 Å². The Kier molecular flexibility index (Phi) is 63.8. The Bertz CT molecular complexity index is 1710. The minimum atomic E-state index is -0.934. The lowest BCUT2D eigenvalue weighted by atomic mass is 10.3. The van der Waals surface area contributed by atoms with Gasteiger partial charge in [-0.25, -0.2) is 4.79 Å². The molecule has 1 rings (SSSR count). The van der Waals surface area contributed by atoms with Crippen LogP contribution >= 0.6 is 0 Å². The lowest BCUT2D eigenvalue weighted by molar-refractivity contribution is -0.142. The normalized spacial score (nSPS) is 11.0. The fourth-order valence-corrected chi connectivity index (χ4v) is 4.67. The van der Waals surface area contributed by atoms with Crippen molar-refractivity contribution in [3.8, 4) is 0 Å². The zero-order chi connectivity index (χ0) is 63.0. The molecule has 1 N–H and O–H groups in total. The summed E-state index contributed by atoms with van der Waals surface area (Å²) in [6.07, 6.45) is 21.8. The molecule has 1 heterocycles. The number of amides is 9. The second-order valence-electron chi connectivity index (χ2n) is 15.5. The van der Waals surface area contributed by atoms with Gasteiger partial charge in [0.25, 0.3) is 0 Å². The third-order valence-electron chi connectivity index (χ3n) is 9.46. The molecule has 0 spiro atoms. The maximum absolute atomic E-state index is 10.9. The molecule has 2 unspecified atom stereocenters. The molecule has 0 aromatic carbocycles. The highest BCUT2D eigenvalue weighted by Crippen LogP contribution is 2.09. The molecule has 0 aliphatic carbocycles. The van der Waals surface area contributed by atoms with Crippen molar-refractivity contribution >= 4 is 63.7 Å². The predicted octanol–water partition coefficient (Wildman–Crippen LogP) is 2.25. The van der Waals surface area contributed by atoms with Crippen LogP contribution in [0.15, 0.2) is 140 Å². The minimum absolute atomic E-state index is 0.0382. The summed E-state index contributed by atoms with van der Waals surface area (Å²) in [6, 6.07) is 0. The lowest BCUT2D eigenvalue weighted by Crippen LogP contribution is -2.31. The first-order chi connectivity index (χ1) is 39.5. The Labute approximate surface area is 484 Å². The standard InChI is InChI=1S/C14H24N2O5.C10H16N2O3.C10H16N2O2.C10H15NO4.C6H9NO2.C6H9NO/c1-3-15(13-17)5-7-19-9-11-21-12-10-20-8-6-16(4-2)14-18;1-3-11(9-13)5-7-15-8-6-12(4-2)10-14;1-3-11(9-13)7-5-6-8-12(4-2)10-14;1-4-11(7-12)5-9(13)6-15-10(14)8(2)3;1-2-7(5-8)3-6-4-9-6;1-3-5-7(4-2)6-8/h3-4,13-14H,1-2,5-12H2;3-4,9-10H,1-2,5-8H2;3-4,9-10H,1-2,5-8H2;4,7,9,13H,1-2,5-6H2,3H3;2,5-6H,1,3-4H2;3-4,6H,1-2,5H2. The van der Waals surface area contributed by atoms with Gasteiger partial charge in [-0.15, -0.1) is 6.58 Å². The van der Waals surface area contributed by atoms with E-state index >= 15 is 0 Å². The fourth-order valence-electron chi connectivity index (χ4n) is 4.67. The molecule has 26 heteroatoms. The van der Waals surface area contributed by atoms with Crippen molar-refractivity contribution in [2.45, 2.75) is 32.0 Å². The van der Waals surface area contributed by atoms with Gasteiger partial charge in [0.15, 0.2) is 0 Å². The number of hydrogen-bond acceptors (Lipinski definition) is 17. The van der Waals surface area contributed by atoms with E-state index in [9.17, 15) is 53.1 Å². The van der Waals surface area contributed by atoms with E-state index in [1.807, 2.05) is 0 Å². The van der Waals surface area contributed by atoms with E-state index in [1.165, 1.54) is 102 Å². The number of ether oxygens (including phenoxy) is 6. The highest BCUT2D eigenvalue weighted by atomic mass is 16.6. The van der Waals surface area contributed by atoms with Gasteiger partial charge in [0.05, 0.1) is 78.7 Å². The van der Waals surface area contributed by atoms with Gasteiger partial charge in [-0.1, -0.05) is 71.9 Å². The van der Waals surface area contributed by atoms with Crippen LogP contribution in [0, 0.1) is 0 Å². The van der Waals surface area contributed by atoms with Crippen LogP contribution in [0.4, 0.5) is 0 Å². The van der Waals surface area contributed by atoms with Gasteiger partial charge in [-0.05, 0) is 75.6 Å². The van der Waals surface area contributed by atoms with Gasteiger partial charge in [0.1, 0.15) is 12.7 Å². The quantitative estimate of drug-likeness (QED) is 0.0228. The molecule has 0 saturated carbocycles. The van der Waals surface area contributed by atoms with Crippen LogP contribution in [0.25, 0.3) is 0 Å². The average Bonchev–Trinajstić information content (AvgIpc) is 4.34. The zero-order valence-corrected chi connectivity index (χ0v) is 47.8. The molecule has 82 heavy (non-hydrogen) atoms. The average molecular weight is 1160 g/mol. The van der Waals surface area contributed by atoms with Crippen molar-refractivity contribution in [1.82, 2.24) is 44.1 Å². The first-order valence-electron chi connectivity index (χ1n) is 25.1. The third kappa shape index (κ3) is 56.3. The number of carbonyl (C=O) groups excluding carboxylic acids is 10. The Morgan fingerprint density at radius 2 is 0.744 bits per heavy atom. The van der Waals surface area contributed by atoms with Crippen LogP contribution in [-0.4, -0.2) is 250 Å². The molecule has 0 bridgehead atoms. The zero-order valence-electron chi connectivity index (χ0n) is 47.8. The van der Waals surface area contributed by atoms with Gasteiger partial charge in [-0.3, -0.25) is 43.2 Å². The molecule has 1 aliphatic rings. The molecular formula is C56H89N9O17. The van der Waals surface area contributed by atoms with E-state index in [-0.39, 0.29) is 24.8 Å². The minimum Gasteiger partial charge on any atom is -0.460 e. The van der Waals surface area contributed by atoms with E-state index < -0.39 is 12.1 Å². The highest BCUT2D eigenvalue weighted by Gasteiger charge is 2.23. The van der Waals surface area contributed by atoms with E-state index in [2.05, 4.69) is 77.1 Å². The third-order valence-corrected chi connectivity index (χ3v) is 9.46. The molecule has 460 valence electrons. The van der Waals surface area contributed by atoms with Crippen molar-refractivity contribution in [3.63, 3.8) is 0 Å². The predicted molar refractivity (Wildman–Crippen MR) is 311 cm³/mol. The fraction of sp³-hybridized carbons (Fsp3) is 0.429. The monoisotopic (exact) mass is 1160 g/mol. The number of esters is 1. The maximum Gasteiger partial charge on any atom is 0.333 e. The van der Waals surface area contributed by atoms with Crippen LogP contribution in [0.5, 0.6) is 0 Å². The van der Waals surface area contributed by atoms with Gasteiger partial charge < -0.3 is 77.6 Å². The number of aliphatic hydroxyl groups excluding tert-OH is 1. The van der Waals surface area contributed by atoms with E-state index in [0.29, 0.717) is 144 Å². The van der Waals surface area contributed by atoms with E-state index in [0.717, 1.165) is 43.6 Å². The summed E-state index contributed by atoms with van der Waals surface area (Å²) in [6.45, 7) is 47.9. The Morgan fingerprint density at radius 1 is 0.463 bits per heavy atom. The summed E-state index contributed by atoms with van der Waals surface area (Å²) >= 11 is 0. The van der Waals surface area contributed by atoms with Crippen molar-refractivity contribution in [2.24, 2.45) is 0 Å². The summed E-state index contributed by atoms with van der Waals surface area (Å²) in [7, 11) is 0. The van der Waals surface area contributed by atoms with Crippen LogP contribution in [0.3, 0.4) is 0 Å². The second-order valence-corrected chi connectivity index (χ2v) is 15.5. The Balaban J connectivity index is -0.000000296. The van der Waals surface area contributed by atoms with Crippen LogP contribution in [0.2, 0.25) is 0 Å². The summed E-state index contributed by atoms with van der Waals surface area (Å²) in [5.74, 6) is -0.565. The number of rotatable bonds is 50.